The number of hydrogen-bond donors (Lipinski definition) is 3. The molecule has 0 heterocycles. The van der Waals surface area contributed by atoms with Gasteiger partial charge in [0.1, 0.15) is 0 Å². The molecule has 0 amide bonds. The summed E-state index contributed by atoms with van der Waals surface area (Å²) in [5.41, 5.74) is 0.525. The maximum atomic E-state index is 3.75. The Kier molecular flexibility index (Phi) is 5.72. The SMILES string of the molecule is CC(C)(C)[NH][Ta]([NH]C(C)(C)C)[NH]C(C)(C)C. The molecule has 0 aromatic heterocycles. The van der Waals surface area contributed by atoms with Crippen LogP contribution in [-0.2, 0) is 19.2 Å². The van der Waals surface area contributed by atoms with Crippen molar-refractivity contribution in [1.29, 1.82) is 0 Å². The molecule has 16 heavy (non-hydrogen) atoms. The molecular weight excluding hydrogens is 367 g/mol. The number of nitrogens with one attached hydrogen (secondary N) is 3. The van der Waals surface area contributed by atoms with E-state index < -0.39 is 19.2 Å². The van der Waals surface area contributed by atoms with Gasteiger partial charge in [0.25, 0.3) is 0 Å². The van der Waals surface area contributed by atoms with Crippen LogP contribution in [0.3, 0.4) is 0 Å². The van der Waals surface area contributed by atoms with E-state index in [2.05, 4.69) is 73.5 Å². The summed E-state index contributed by atoms with van der Waals surface area (Å²) in [7, 11) is 0. The third kappa shape index (κ3) is 11.1. The first-order valence-corrected chi connectivity index (χ1v) is 10.7. The molecule has 0 bridgehead atoms. The molecule has 0 saturated heterocycles. The predicted molar refractivity (Wildman–Crippen MR) is 68.7 cm³/mol. The summed E-state index contributed by atoms with van der Waals surface area (Å²) < 4.78 is 11.3. The molecule has 0 unspecified atom stereocenters. The Labute approximate surface area is 109 Å². The average molecular weight is 397 g/mol. The van der Waals surface area contributed by atoms with Gasteiger partial charge in [0.2, 0.25) is 0 Å². The van der Waals surface area contributed by atoms with Crippen molar-refractivity contribution in [3.8, 4) is 0 Å². The van der Waals surface area contributed by atoms with Crippen molar-refractivity contribution in [1.82, 2.24) is 11.2 Å². The van der Waals surface area contributed by atoms with Gasteiger partial charge in [0.15, 0.2) is 0 Å². The molecular formula is C12H30N3Ta. The monoisotopic (exact) mass is 397 g/mol. The van der Waals surface area contributed by atoms with Gasteiger partial charge in [-0.1, -0.05) is 0 Å². The Bertz CT molecular complexity index is 170. The molecule has 0 aliphatic heterocycles. The zero-order valence-corrected chi connectivity index (χ0v) is 15.7. The summed E-state index contributed by atoms with van der Waals surface area (Å²) in [5, 5.41) is 0. The van der Waals surface area contributed by atoms with Crippen LogP contribution in [0.4, 0.5) is 0 Å². The van der Waals surface area contributed by atoms with Crippen LogP contribution in [0.5, 0.6) is 0 Å². The zero-order valence-electron chi connectivity index (χ0n) is 12.4. The normalized spacial score (nSPS) is 14.6. The topological polar surface area (TPSA) is 36.1 Å². The predicted octanol–water partition coefficient (Wildman–Crippen LogP) is 2.51. The van der Waals surface area contributed by atoms with Gasteiger partial charge in [-0.15, -0.1) is 0 Å². The first-order valence-electron chi connectivity index (χ1n) is 5.92. The molecule has 0 spiro atoms. The van der Waals surface area contributed by atoms with Gasteiger partial charge in [-0.05, 0) is 0 Å². The van der Waals surface area contributed by atoms with Crippen molar-refractivity contribution < 1.29 is 19.2 Å². The van der Waals surface area contributed by atoms with Crippen molar-refractivity contribution in [2.75, 3.05) is 0 Å². The van der Waals surface area contributed by atoms with Crippen molar-refractivity contribution >= 4 is 0 Å². The van der Waals surface area contributed by atoms with Crippen LogP contribution < -0.4 is 11.2 Å². The average Bonchev–Trinajstić information content (AvgIpc) is 1.70. The van der Waals surface area contributed by atoms with Crippen LogP contribution in [-0.4, -0.2) is 16.6 Å². The third-order valence-electron chi connectivity index (χ3n) is 1.34. The summed E-state index contributed by atoms with van der Waals surface area (Å²) in [6.45, 7) is 20.0. The molecule has 0 aromatic carbocycles. The second-order valence-corrected chi connectivity index (χ2v) is 12.2. The summed E-state index contributed by atoms with van der Waals surface area (Å²) in [4.78, 5) is 0. The minimum absolute atomic E-state index is 0.175. The third-order valence-corrected chi connectivity index (χ3v) is 11.0. The fourth-order valence-electron chi connectivity index (χ4n) is 1.09. The number of hydrogen-bond acceptors (Lipinski definition) is 3. The fraction of sp³-hybridized carbons (Fsp3) is 1.00. The first kappa shape index (κ1) is 16.6. The van der Waals surface area contributed by atoms with E-state index in [9.17, 15) is 0 Å². The molecule has 0 saturated carbocycles. The van der Waals surface area contributed by atoms with Gasteiger partial charge in [-0.25, -0.2) is 0 Å². The molecule has 0 radical (unpaired) electrons. The van der Waals surface area contributed by atoms with Gasteiger partial charge >= 0.3 is 109 Å². The molecule has 0 aliphatic carbocycles. The molecule has 0 rings (SSSR count). The van der Waals surface area contributed by atoms with E-state index in [1.807, 2.05) is 0 Å². The Morgan fingerprint density at radius 3 is 0.812 bits per heavy atom. The zero-order chi connectivity index (χ0) is 13.2. The second-order valence-electron chi connectivity index (χ2n) is 7.42. The van der Waals surface area contributed by atoms with Crippen LogP contribution in [0.25, 0.3) is 0 Å². The van der Waals surface area contributed by atoms with E-state index in [0.29, 0.717) is 0 Å². The van der Waals surface area contributed by atoms with E-state index in [0.717, 1.165) is 0 Å². The van der Waals surface area contributed by atoms with Gasteiger partial charge in [-0.3, -0.25) is 0 Å². The van der Waals surface area contributed by atoms with E-state index >= 15 is 0 Å². The van der Waals surface area contributed by atoms with E-state index in [1.54, 1.807) is 0 Å². The standard InChI is InChI=1S/3C4H10N.Ta/c3*1-4(2,3)5;/h3*5H,1-3H3;/q3*-1;+3. The Morgan fingerprint density at radius 1 is 0.500 bits per heavy atom. The van der Waals surface area contributed by atoms with Gasteiger partial charge < -0.3 is 0 Å². The van der Waals surface area contributed by atoms with Crippen molar-refractivity contribution in [3.63, 3.8) is 0 Å². The molecule has 3 nitrogen and oxygen atoms in total. The molecule has 0 aliphatic rings. The summed E-state index contributed by atoms with van der Waals surface area (Å²) in [5.74, 6) is 0. The molecule has 3 N–H and O–H groups in total. The van der Waals surface area contributed by atoms with Crippen molar-refractivity contribution in [3.05, 3.63) is 0 Å². The fourth-order valence-corrected chi connectivity index (χ4v) is 8.92. The van der Waals surface area contributed by atoms with Gasteiger partial charge in [0, 0.05) is 0 Å². The first-order chi connectivity index (χ1) is 6.79. The molecule has 0 atom stereocenters. The molecule has 98 valence electrons. The van der Waals surface area contributed by atoms with Crippen LogP contribution in [0.15, 0.2) is 0 Å². The quantitative estimate of drug-likeness (QED) is 0.685. The van der Waals surface area contributed by atoms with Crippen LogP contribution >= 0.6 is 0 Å². The summed E-state index contributed by atoms with van der Waals surface area (Å²) in [6, 6.07) is 0. The second kappa shape index (κ2) is 5.51. The molecule has 0 fully saturated rings. The number of rotatable bonds is 3. The van der Waals surface area contributed by atoms with Crippen LogP contribution in [0.1, 0.15) is 62.3 Å². The Balaban J connectivity index is 4.53. The minimum atomic E-state index is -2.04. The van der Waals surface area contributed by atoms with Crippen molar-refractivity contribution in [2.24, 2.45) is 0 Å². The Hall–Kier alpha value is 0.620. The van der Waals surface area contributed by atoms with Crippen molar-refractivity contribution in [2.45, 2.75) is 78.9 Å². The van der Waals surface area contributed by atoms with Gasteiger partial charge in [-0.2, -0.15) is 0 Å². The van der Waals surface area contributed by atoms with E-state index in [-0.39, 0.29) is 16.6 Å². The van der Waals surface area contributed by atoms with Crippen LogP contribution in [0, 0.1) is 0 Å². The van der Waals surface area contributed by atoms with Crippen LogP contribution in [0.2, 0.25) is 0 Å². The summed E-state index contributed by atoms with van der Waals surface area (Å²) >= 11 is -2.04. The summed E-state index contributed by atoms with van der Waals surface area (Å²) in [6.07, 6.45) is 0. The molecule has 4 heteroatoms. The van der Waals surface area contributed by atoms with Gasteiger partial charge in [0.05, 0.1) is 0 Å². The Morgan fingerprint density at radius 2 is 0.688 bits per heavy atom. The molecule has 0 aromatic rings. The maximum absolute atomic E-state index is 3.75. The van der Waals surface area contributed by atoms with E-state index in [1.165, 1.54) is 0 Å². The van der Waals surface area contributed by atoms with E-state index in [4.69, 9.17) is 0 Å².